The molecule has 0 saturated heterocycles. The van der Waals surface area contributed by atoms with Gasteiger partial charge in [0.05, 0.1) is 6.42 Å². The summed E-state index contributed by atoms with van der Waals surface area (Å²) in [4.78, 5) is 22.9. The minimum absolute atomic E-state index is 0.0659. The Kier molecular flexibility index (Phi) is 8.88. The summed E-state index contributed by atoms with van der Waals surface area (Å²) in [5.41, 5.74) is 0.943. The van der Waals surface area contributed by atoms with Gasteiger partial charge in [0, 0.05) is 19.6 Å². The summed E-state index contributed by atoms with van der Waals surface area (Å²) < 4.78 is 5.10. The van der Waals surface area contributed by atoms with Crippen LogP contribution in [0.2, 0.25) is 0 Å². The second-order valence-corrected chi connectivity index (χ2v) is 4.78. The van der Waals surface area contributed by atoms with Crippen molar-refractivity contribution < 1.29 is 19.4 Å². The van der Waals surface area contributed by atoms with Crippen LogP contribution in [-0.2, 0) is 20.9 Å². The zero-order chi connectivity index (χ0) is 15.3. The van der Waals surface area contributed by atoms with E-state index in [1.54, 1.807) is 0 Å². The van der Waals surface area contributed by atoms with Crippen molar-refractivity contribution in [3.05, 3.63) is 35.9 Å². The number of amides is 1. The summed E-state index contributed by atoms with van der Waals surface area (Å²) in [5.74, 6) is -0.386. The van der Waals surface area contributed by atoms with Crippen LogP contribution in [0.25, 0.3) is 0 Å². The van der Waals surface area contributed by atoms with Crippen LogP contribution in [0.15, 0.2) is 30.3 Å². The molecule has 0 unspecified atom stereocenters. The van der Waals surface area contributed by atoms with Crippen molar-refractivity contribution in [2.75, 3.05) is 13.2 Å². The second kappa shape index (κ2) is 10.9. The zero-order valence-electron chi connectivity index (χ0n) is 12.2. The molecule has 1 aromatic carbocycles. The minimum atomic E-state index is -0.320. The van der Waals surface area contributed by atoms with Crippen LogP contribution >= 0.6 is 0 Å². The number of esters is 1. The quantitative estimate of drug-likeness (QED) is 0.509. The third-order valence-electron chi connectivity index (χ3n) is 2.96. The standard InChI is InChI=1S/C16H23NO4/c18-12-6-2-5-9-15(19)17-11-10-16(20)21-13-14-7-3-1-4-8-14/h1,3-4,7-8,18H,2,5-6,9-13H2,(H,17,19). The van der Waals surface area contributed by atoms with Crippen molar-refractivity contribution in [2.24, 2.45) is 0 Å². The van der Waals surface area contributed by atoms with Crippen LogP contribution in [0.3, 0.4) is 0 Å². The van der Waals surface area contributed by atoms with Crippen molar-refractivity contribution in [3.8, 4) is 0 Å². The van der Waals surface area contributed by atoms with Crippen LogP contribution in [0.1, 0.15) is 37.7 Å². The second-order valence-electron chi connectivity index (χ2n) is 4.78. The molecular weight excluding hydrogens is 270 g/mol. The molecule has 0 aromatic heterocycles. The highest BCUT2D eigenvalue weighted by Gasteiger charge is 2.05. The van der Waals surface area contributed by atoms with Gasteiger partial charge in [0.25, 0.3) is 0 Å². The summed E-state index contributed by atoms with van der Waals surface area (Å²) in [6.07, 6.45) is 2.92. The number of nitrogens with one attached hydrogen (secondary N) is 1. The topological polar surface area (TPSA) is 75.6 Å². The summed E-state index contributed by atoms with van der Waals surface area (Å²) in [5, 5.41) is 11.3. The SMILES string of the molecule is O=C(CCCCCO)NCCC(=O)OCc1ccccc1. The van der Waals surface area contributed by atoms with E-state index in [9.17, 15) is 9.59 Å². The third kappa shape index (κ3) is 8.81. The monoisotopic (exact) mass is 293 g/mol. The number of carbonyl (C=O) groups is 2. The van der Waals surface area contributed by atoms with E-state index in [0.29, 0.717) is 13.0 Å². The molecule has 0 aliphatic heterocycles. The predicted octanol–water partition coefficient (Wildman–Crippen LogP) is 1.79. The van der Waals surface area contributed by atoms with E-state index in [2.05, 4.69) is 5.32 Å². The van der Waals surface area contributed by atoms with E-state index in [-0.39, 0.29) is 31.5 Å². The Morgan fingerprint density at radius 1 is 1.05 bits per heavy atom. The molecule has 0 spiro atoms. The van der Waals surface area contributed by atoms with Crippen LogP contribution in [0.4, 0.5) is 0 Å². The maximum Gasteiger partial charge on any atom is 0.307 e. The van der Waals surface area contributed by atoms with Crippen molar-refractivity contribution in [1.29, 1.82) is 0 Å². The van der Waals surface area contributed by atoms with Crippen molar-refractivity contribution in [3.63, 3.8) is 0 Å². The van der Waals surface area contributed by atoms with E-state index in [0.717, 1.165) is 24.8 Å². The summed E-state index contributed by atoms with van der Waals surface area (Å²) in [7, 11) is 0. The summed E-state index contributed by atoms with van der Waals surface area (Å²) in [6.45, 7) is 0.718. The van der Waals surface area contributed by atoms with Gasteiger partial charge in [-0.1, -0.05) is 36.8 Å². The Hall–Kier alpha value is -1.88. The molecule has 0 aliphatic rings. The first-order valence-corrected chi connectivity index (χ1v) is 7.29. The van der Waals surface area contributed by atoms with Gasteiger partial charge in [-0.3, -0.25) is 9.59 Å². The van der Waals surface area contributed by atoms with E-state index < -0.39 is 0 Å². The molecule has 0 fully saturated rings. The Bertz CT molecular complexity index is 420. The Labute approximate surface area is 125 Å². The molecule has 0 radical (unpaired) electrons. The maximum atomic E-state index is 11.5. The Morgan fingerprint density at radius 2 is 1.81 bits per heavy atom. The lowest BCUT2D eigenvalue weighted by atomic mass is 10.2. The highest BCUT2D eigenvalue weighted by Crippen LogP contribution is 2.02. The van der Waals surface area contributed by atoms with E-state index >= 15 is 0 Å². The van der Waals surface area contributed by atoms with Gasteiger partial charge in [0.1, 0.15) is 6.61 Å². The van der Waals surface area contributed by atoms with Crippen LogP contribution < -0.4 is 5.32 Å². The Balaban J connectivity index is 2.04. The lowest BCUT2D eigenvalue weighted by Gasteiger charge is -2.06. The first-order chi connectivity index (χ1) is 10.2. The molecule has 5 nitrogen and oxygen atoms in total. The fraction of sp³-hybridized carbons (Fsp3) is 0.500. The number of aliphatic hydroxyl groups is 1. The normalized spacial score (nSPS) is 10.1. The molecule has 1 amide bonds. The molecule has 0 heterocycles. The minimum Gasteiger partial charge on any atom is -0.461 e. The predicted molar refractivity (Wildman–Crippen MR) is 79.4 cm³/mol. The number of carbonyl (C=O) groups excluding carboxylic acids is 2. The number of hydrogen-bond donors (Lipinski definition) is 2. The van der Waals surface area contributed by atoms with Gasteiger partial charge in [-0.2, -0.15) is 0 Å². The molecule has 116 valence electrons. The number of ether oxygens (including phenoxy) is 1. The molecule has 0 bridgehead atoms. The molecule has 5 heteroatoms. The summed E-state index contributed by atoms with van der Waals surface area (Å²) in [6, 6.07) is 9.46. The molecule has 1 aromatic rings. The first kappa shape index (κ1) is 17.2. The number of hydrogen-bond acceptors (Lipinski definition) is 4. The first-order valence-electron chi connectivity index (χ1n) is 7.29. The van der Waals surface area contributed by atoms with Crippen LogP contribution in [0, 0.1) is 0 Å². The molecule has 0 aliphatic carbocycles. The van der Waals surface area contributed by atoms with Gasteiger partial charge in [-0.25, -0.2) is 0 Å². The molecular formula is C16H23NO4. The van der Waals surface area contributed by atoms with Crippen molar-refractivity contribution in [2.45, 2.75) is 38.7 Å². The van der Waals surface area contributed by atoms with Crippen molar-refractivity contribution in [1.82, 2.24) is 5.32 Å². The van der Waals surface area contributed by atoms with E-state index in [4.69, 9.17) is 9.84 Å². The molecule has 2 N–H and O–H groups in total. The van der Waals surface area contributed by atoms with Crippen molar-refractivity contribution >= 4 is 11.9 Å². The van der Waals surface area contributed by atoms with Gasteiger partial charge in [0.2, 0.25) is 5.91 Å². The lowest BCUT2D eigenvalue weighted by Crippen LogP contribution is -2.26. The van der Waals surface area contributed by atoms with Gasteiger partial charge in [-0.05, 0) is 18.4 Å². The molecule has 0 atom stereocenters. The maximum absolute atomic E-state index is 11.5. The molecule has 1 rings (SSSR count). The Morgan fingerprint density at radius 3 is 2.52 bits per heavy atom. The largest absolute Gasteiger partial charge is 0.461 e. The average Bonchev–Trinajstić information content (AvgIpc) is 2.50. The zero-order valence-corrected chi connectivity index (χ0v) is 12.2. The van der Waals surface area contributed by atoms with E-state index in [1.807, 2.05) is 30.3 Å². The van der Waals surface area contributed by atoms with Gasteiger partial charge >= 0.3 is 5.97 Å². The van der Waals surface area contributed by atoms with Crippen LogP contribution in [-0.4, -0.2) is 30.1 Å². The summed E-state index contributed by atoms with van der Waals surface area (Å²) >= 11 is 0. The number of aliphatic hydroxyl groups excluding tert-OH is 1. The fourth-order valence-corrected chi connectivity index (χ4v) is 1.78. The van der Waals surface area contributed by atoms with Gasteiger partial charge < -0.3 is 15.2 Å². The molecule has 0 saturated carbocycles. The fourth-order valence-electron chi connectivity index (χ4n) is 1.78. The van der Waals surface area contributed by atoms with Gasteiger partial charge in [-0.15, -0.1) is 0 Å². The lowest BCUT2D eigenvalue weighted by molar-refractivity contribution is -0.144. The highest BCUT2D eigenvalue weighted by molar-refractivity contribution is 5.76. The molecule has 21 heavy (non-hydrogen) atoms. The smallest absolute Gasteiger partial charge is 0.307 e. The average molecular weight is 293 g/mol. The highest BCUT2D eigenvalue weighted by atomic mass is 16.5. The third-order valence-corrected chi connectivity index (χ3v) is 2.96. The number of rotatable bonds is 10. The van der Waals surface area contributed by atoms with Gasteiger partial charge in [0.15, 0.2) is 0 Å². The van der Waals surface area contributed by atoms with E-state index in [1.165, 1.54) is 0 Å². The number of benzene rings is 1. The van der Waals surface area contributed by atoms with Crippen LogP contribution in [0.5, 0.6) is 0 Å². The number of unbranched alkanes of at least 4 members (excludes halogenated alkanes) is 2.